The SMILES string of the molecule is N#Cc1c(-c2ccccc2)nc(Cl)nc1-c1cccc(-c2ccccc2)c1. The van der Waals surface area contributed by atoms with Crippen molar-refractivity contribution in [3.05, 3.63) is 95.8 Å². The third-order valence-electron chi connectivity index (χ3n) is 4.28. The molecule has 128 valence electrons. The third kappa shape index (κ3) is 3.44. The average molecular weight is 368 g/mol. The molecule has 0 aliphatic rings. The van der Waals surface area contributed by atoms with E-state index in [0.29, 0.717) is 17.0 Å². The van der Waals surface area contributed by atoms with Crippen molar-refractivity contribution >= 4 is 11.6 Å². The molecule has 0 saturated carbocycles. The van der Waals surface area contributed by atoms with Crippen molar-refractivity contribution in [3.8, 4) is 39.7 Å². The first kappa shape index (κ1) is 17.0. The normalized spacial score (nSPS) is 10.4. The topological polar surface area (TPSA) is 49.6 Å². The molecule has 0 unspecified atom stereocenters. The number of hydrogen-bond acceptors (Lipinski definition) is 3. The van der Waals surface area contributed by atoms with Crippen LogP contribution in [0.5, 0.6) is 0 Å². The smallest absolute Gasteiger partial charge is 0.216 e. The van der Waals surface area contributed by atoms with Gasteiger partial charge in [-0.2, -0.15) is 5.26 Å². The first-order valence-corrected chi connectivity index (χ1v) is 8.83. The number of halogens is 1. The van der Waals surface area contributed by atoms with E-state index in [9.17, 15) is 5.26 Å². The van der Waals surface area contributed by atoms with Crippen LogP contribution in [0.1, 0.15) is 5.56 Å². The van der Waals surface area contributed by atoms with Crippen LogP contribution in [0, 0.1) is 11.3 Å². The highest BCUT2D eigenvalue weighted by Crippen LogP contribution is 2.32. The number of nitriles is 1. The summed E-state index contributed by atoms with van der Waals surface area (Å²) in [4.78, 5) is 8.68. The van der Waals surface area contributed by atoms with E-state index in [2.05, 4.69) is 16.0 Å². The fraction of sp³-hybridized carbons (Fsp3) is 0. The molecule has 1 aromatic heterocycles. The molecule has 0 amide bonds. The van der Waals surface area contributed by atoms with Gasteiger partial charge >= 0.3 is 0 Å². The molecule has 0 atom stereocenters. The van der Waals surface area contributed by atoms with E-state index in [1.165, 1.54) is 0 Å². The van der Waals surface area contributed by atoms with Crippen LogP contribution in [0.15, 0.2) is 84.9 Å². The van der Waals surface area contributed by atoms with Crippen LogP contribution in [-0.4, -0.2) is 9.97 Å². The molecule has 3 aromatic carbocycles. The summed E-state index contributed by atoms with van der Waals surface area (Å²) in [7, 11) is 0. The Labute approximate surface area is 162 Å². The number of nitrogens with zero attached hydrogens (tertiary/aromatic N) is 3. The summed E-state index contributed by atoms with van der Waals surface area (Å²) in [6, 6.07) is 29.8. The van der Waals surface area contributed by atoms with Gasteiger partial charge in [0.1, 0.15) is 11.6 Å². The third-order valence-corrected chi connectivity index (χ3v) is 4.45. The highest BCUT2D eigenvalue weighted by atomic mass is 35.5. The highest BCUT2D eigenvalue weighted by molar-refractivity contribution is 6.28. The Morgan fingerprint density at radius 2 is 1.15 bits per heavy atom. The maximum Gasteiger partial charge on any atom is 0.223 e. The average Bonchev–Trinajstić information content (AvgIpc) is 2.74. The molecule has 4 rings (SSSR count). The molecule has 0 bridgehead atoms. The summed E-state index contributed by atoms with van der Waals surface area (Å²) >= 11 is 6.20. The van der Waals surface area contributed by atoms with E-state index < -0.39 is 0 Å². The lowest BCUT2D eigenvalue weighted by Crippen LogP contribution is -1.98. The van der Waals surface area contributed by atoms with Crippen molar-refractivity contribution in [3.63, 3.8) is 0 Å². The fourth-order valence-corrected chi connectivity index (χ4v) is 3.20. The molecule has 0 spiro atoms. The summed E-state index contributed by atoms with van der Waals surface area (Å²) in [6.07, 6.45) is 0. The Kier molecular flexibility index (Phi) is 4.65. The van der Waals surface area contributed by atoms with Crippen LogP contribution >= 0.6 is 11.6 Å². The van der Waals surface area contributed by atoms with E-state index in [-0.39, 0.29) is 5.28 Å². The first-order valence-electron chi connectivity index (χ1n) is 8.45. The molecule has 3 nitrogen and oxygen atoms in total. The van der Waals surface area contributed by atoms with Crippen molar-refractivity contribution < 1.29 is 0 Å². The molecule has 1 heterocycles. The van der Waals surface area contributed by atoms with Gasteiger partial charge in [0, 0.05) is 11.1 Å². The van der Waals surface area contributed by atoms with Crippen LogP contribution < -0.4 is 0 Å². The summed E-state index contributed by atoms with van der Waals surface area (Å²) in [5.41, 5.74) is 5.30. The Morgan fingerprint density at radius 3 is 1.78 bits per heavy atom. The van der Waals surface area contributed by atoms with Gasteiger partial charge in [-0.3, -0.25) is 0 Å². The molecular weight excluding hydrogens is 354 g/mol. The van der Waals surface area contributed by atoms with Crippen molar-refractivity contribution in [2.24, 2.45) is 0 Å². The standard InChI is InChI=1S/C23H14ClN3/c24-23-26-21(17-10-5-2-6-11-17)20(15-25)22(27-23)19-13-7-12-18(14-19)16-8-3-1-4-9-16/h1-14H. The Hall–Kier alpha value is -3.48. The van der Waals surface area contributed by atoms with Gasteiger partial charge in [-0.15, -0.1) is 0 Å². The van der Waals surface area contributed by atoms with Crippen LogP contribution in [0.4, 0.5) is 0 Å². The van der Waals surface area contributed by atoms with Gasteiger partial charge < -0.3 is 0 Å². The second-order valence-corrected chi connectivity index (χ2v) is 6.33. The van der Waals surface area contributed by atoms with Gasteiger partial charge in [0.25, 0.3) is 0 Å². The van der Waals surface area contributed by atoms with Crippen molar-refractivity contribution in [2.75, 3.05) is 0 Å². The Morgan fingerprint density at radius 1 is 0.630 bits per heavy atom. The van der Waals surface area contributed by atoms with Gasteiger partial charge in [0.15, 0.2) is 0 Å². The van der Waals surface area contributed by atoms with Crippen molar-refractivity contribution in [2.45, 2.75) is 0 Å². The fourth-order valence-electron chi connectivity index (χ4n) is 3.03. The molecule has 0 fully saturated rings. The second kappa shape index (κ2) is 7.41. The molecule has 27 heavy (non-hydrogen) atoms. The van der Waals surface area contributed by atoms with Gasteiger partial charge in [-0.05, 0) is 28.8 Å². The number of rotatable bonds is 3. The lowest BCUT2D eigenvalue weighted by molar-refractivity contribution is 1.16. The summed E-state index contributed by atoms with van der Waals surface area (Å²) in [5, 5.41) is 9.94. The summed E-state index contributed by atoms with van der Waals surface area (Å²) < 4.78 is 0. The van der Waals surface area contributed by atoms with Crippen molar-refractivity contribution in [1.29, 1.82) is 5.26 Å². The Balaban J connectivity index is 1.91. The molecule has 4 aromatic rings. The monoisotopic (exact) mass is 367 g/mol. The second-order valence-electron chi connectivity index (χ2n) is 5.99. The molecule has 0 saturated heterocycles. The zero-order valence-corrected chi connectivity index (χ0v) is 15.1. The molecular formula is C23H14ClN3. The Bertz CT molecular complexity index is 1130. The molecule has 0 radical (unpaired) electrons. The minimum Gasteiger partial charge on any atom is -0.216 e. The predicted octanol–water partition coefficient (Wildman–Crippen LogP) is 6.00. The number of aromatic nitrogens is 2. The summed E-state index contributed by atoms with van der Waals surface area (Å²) in [6.45, 7) is 0. The number of benzene rings is 3. The zero-order valence-electron chi connectivity index (χ0n) is 14.3. The highest BCUT2D eigenvalue weighted by Gasteiger charge is 2.17. The molecule has 4 heteroatoms. The van der Waals surface area contributed by atoms with Crippen LogP contribution in [0.3, 0.4) is 0 Å². The van der Waals surface area contributed by atoms with E-state index in [0.717, 1.165) is 22.3 Å². The largest absolute Gasteiger partial charge is 0.223 e. The first-order chi connectivity index (χ1) is 13.3. The van der Waals surface area contributed by atoms with Crippen LogP contribution in [0.25, 0.3) is 33.6 Å². The molecule has 0 aliphatic carbocycles. The summed E-state index contributed by atoms with van der Waals surface area (Å²) in [5.74, 6) is 0. The van der Waals surface area contributed by atoms with Crippen LogP contribution in [0.2, 0.25) is 5.28 Å². The zero-order chi connectivity index (χ0) is 18.6. The van der Waals surface area contributed by atoms with Crippen LogP contribution in [-0.2, 0) is 0 Å². The van der Waals surface area contributed by atoms with E-state index in [1.807, 2.05) is 84.9 Å². The maximum absolute atomic E-state index is 9.83. The van der Waals surface area contributed by atoms with Gasteiger partial charge in [0.05, 0.1) is 11.4 Å². The van der Waals surface area contributed by atoms with E-state index >= 15 is 0 Å². The van der Waals surface area contributed by atoms with Gasteiger partial charge in [0.2, 0.25) is 5.28 Å². The lowest BCUT2D eigenvalue weighted by atomic mass is 9.98. The minimum absolute atomic E-state index is 0.118. The lowest BCUT2D eigenvalue weighted by Gasteiger charge is -2.11. The van der Waals surface area contributed by atoms with Gasteiger partial charge in [-0.1, -0.05) is 78.9 Å². The quantitative estimate of drug-likeness (QED) is 0.417. The van der Waals surface area contributed by atoms with Gasteiger partial charge in [-0.25, -0.2) is 9.97 Å². The van der Waals surface area contributed by atoms with Crippen molar-refractivity contribution in [1.82, 2.24) is 9.97 Å². The predicted molar refractivity (Wildman–Crippen MR) is 108 cm³/mol. The maximum atomic E-state index is 9.83. The van der Waals surface area contributed by atoms with E-state index in [1.54, 1.807) is 0 Å². The molecule has 0 N–H and O–H groups in total. The minimum atomic E-state index is 0.118. The number of hydrogen-bond donors (Lipinski definition) is 0. The van der Waals surface area contributed by atoms with E-state index in [4.69, 9.17) is 11.6 Å². The molecule has 0 aliphatic heterocycles.